The Morgan fingerprint density at radius 2 is 1.95 bits per heavy atom. The predicted molar refractivity (Wildman–Crippen MR) is 77.8 cm³/mol. The maximum Gasteiger partial charge on any atom is 0.254 e. The Morgan fingerprint density at radius 1 is 1.20 bits per heavy atom. The molecule has 0 spiro atoms. The van der Waals surface area contributed by atoms with E-state index in [1.165, 1.54) is 25.8 Å². The molecule has 2 unspecified atom stereocenters. The second-order valence-corrected chi connectivity index (χ2v) is 6.00. The van der Waals surface area contributed by atoms with Crippen molar-refractivity contribution in [2.45, 2.75) is 38.3 Å². The Labute approximate surface area is 120 Å². The second-order valence-electron chi connectivity index (χ2n) is 6.00. The van der Waals surface area contributed by atoms with Crippen molar-refractivity contribution in [1.29, 1.82) is 0 Å². The Kier molecular flexibility index (Phi) is 3.66. The maximum absolute atomic E-state index is 12.6. The van der Waals surface area contributed by atoms with Crippen molar-refractivity contribution in [3.8, 4) is 5.75 Å². The second kappa shape index (κ2) is 5.44. The molecule has 4 nitrogen and oxygen atoms in total. The molecular formula is C16H22N2O2. The first kappa shape index (κ1) is 13.4. The van der Waals surface area contributed by atoms with Gasteiger partial charge in [0.25, 0.3) is 5.91 Å². The number of piperidine rings is 1. The van der Waals surface area contributed by atoms with Crippen molar-refractivity contribution in [1.82, 2.24) is 9.80 Å². The number of rotatable bonds is 1. The molecule has 1 aromatic rings. The number of nitrogens with zero attached hydrogens (tertiary/aromatic N) is 2. The normalized spacial score (nSPS) is 27.1. The third-order valence-electron chi connectivity index (χ3n) is 4.56. The molecule has 2 aliphatic rings. The third-order valence-corrected chi connectivity index (χ3v) is 4.56. The van der Waals surface area contributed by atoms with E-state index in [-0.39, 0.29) is 17.7 Å². The van der Waals surface area contributed by atoms with Gasteiger partial charge in [-0.1, -0.05) is 6.42 Å². The van der Waals surface area contributed by atoms with Gasteiger partial charge in [0.15, 0.2) is 0 Å². The zero-order chi connectivity index (χ0) is 14.1. The first-order chi connectivity index (χ1) is 9.65. The fourth-order valence-corrected chi connectivity index (χ4v) is 3.40. The summed E-state index contributed by atoms with van der Waals surface area (Å²) in [6.07, 6.45) is 3.76. The van der Waals surface area contributed by atoms with Crippen LogP contribution < -0.4 is 0 Å². The molecular weight excluding hydrogens is 252 g/mol. The van der Waals surface area contributed by atoms with Gasteiger partial charge in [0.05, 0.1) is 0 Å². The van der Waals surface area contributed by atoms with Crippen molar-refractivity contribution in [2.24, 2.45) is 0 Å². The van der Waals surface area contributed by atoms with E-state index in [2.05, 4.69) is 11.8 Å². The summed E-state index contributed by atoms with van der Waals surface area (Å²) in [6, 6.07) is 7.35. The molecule has 4 heteroatoms. The first-order valence-corrected chi connectivity index (χ1v) is 7.49. The third kappa shape index (κ3) is 2.52. The smallest absolute Gasteiger partial charge is 0.254 e. The lowest BCUT2D eigenvalue weighted by Crippen LogP contribution is -2.60. The molecule has 0 aliphatic carbocycles. The number of aromatic hydroxyl groups is 1. The quantitative estimate of drug-likeness (QED) is 0.853. The van der Waals surface area contributed by atoms with Gasteiger partial charge in [0, 0.05) is 30.7 Å². The molecule has 2 saturated heterocycles. The lowest BCUT2D eigenvalue weighted by molar-refractivity contribution is 0.0151. The monoisotopic (exact) mass is 274 g/mol. The van der Waals surface area contributed by atoms with Crippen LogP contribution >= 0.6 is 0 Å². The van der Waals surface area contributed by atoms with Crippen molar-refractivity contribution < 1.29 is 9.90 Å². The van der Waals surface area contributed by atoms with Gasteiger partial charge in [-0.15, -0.1) is 0 Å². The number of piperazine rings is 1. The minimum atomic E-state index is 0.0859. The van der Waals surface area contributed by atoms with E-state index in [4.69, 9.17) is 0 Å². The molecule has 20 heavy (non-hydrogen) atoms. The number of hydrogen-bond donors (Lipinski definition) is 1. The number of benzene rings is 1. The zero-order valence-electron chi connectivity index (χ0n) is 12.0. The van der Waals surface area contributed by atoms with Gasteiger partial charge in [0.2, 0.25) is 0 Å². The number of hydrogen-bond acceptors (Lipinski definition) is 3. The lowest BCUT2D eigenvalue weighted by atomic mass is 9.96. The SMILES string of the molecule is CC1CN2CCCCC2CN1C(=O)c1ccc(O)cc1. The average Bonchev–Trinajstić information content (AvgIpc) is 2.46. The number of phenolic OH excluding ortho intramolecular Hbond substituents is 1. The minimum Gasteiger partial charge on any atom is -0.508 e. The van der Waals surface area contributed by atoms with E-state index in [1.807, 2.05) is 4.90 Å². The highest BCUT2D eigenvalue weighted by atomic mass is 16.3. The minimum absolute atomic E-state index is 0.0859. The summed E-state index contributed by atoms with van der Waals surface area (Å²) in [5, 5.41) is 9.32. The Bertz CT molecular complexity index is 486. The van der Waals surface area contributed by atoms with Crippen LogP contribution in [0.1, 0.15) is 36.5 Å². The number of fused-ring (bicyclic) bond motifs is 1. The lowest BCUT2D eigenvalue weighted by Gasteiger charge is -2.47. The van der Waals surface area contributed by atoms with Crippen LogP contribution in [0.25, 0.3) is 0 Å². The molecule has 2 atom stereocenters. The Hall–Kier alpha value is -1.55. The summed E-state index contributed by atoms with van der Waals surface area (Å²) in [5.74, 6) is 0.287. The van der Waals surface area contributed by atoms with E-state index in [0.29, 0.717) is 11.6 Å². The van der Waals surface area contributed by atoms with Crippen LogP contribution in [0.3, 0.4) is 0 Å². The zero-order valence-corrected chi connectivity index (χ0v) is 12.0. The van der Waals surface area contributed by atoms with Gasteiger partial charge in [-0.3, -0.25) is 9.69 Å². The number of amides is 1. The topological polar surface area (TPSA) is 43.8 Å². The standard InChI is InChI=1S/C16H22N2O2/c1-12-10-17-9-3-2-4-14(17)11-18(12)16(20)13-5-7-15(19)8-6-13/h5-8,12,14,19H,2-4,9-11H2,1H3. The van der Waals surface area contributed by atoms with Crippen LogP contribution in [0, 0.1) is 0 Å². The molecule has 1 aromatic carbocycles. The predicted octanol–water partition coefficient (Wildman–Crippen LogP) is 2.09. The van der Waals surface area contributed by atoms with Gasteiger partial charge in [-0.25, -0.2) is 0 Å². The number of carbonyl (C=O) groups is 1. The van der Waals surface area contributed by atoms with Crippen LogP contribution in [0.5, 0.6) is 5.75 Å². The van der Waals surface area contributed by atoms with Gasteiger partial charge in [-0.05, 0) is 50.6 Å². The van der Waals surface area contributed by atoms with Crippen molar-refractivity contribution >= 4 is 5.91 Å². The van der Waals surface area contributed by atoms with Crippen LogP contribution in [0.4, 0.5) is 0 Å². The largest absolute Gasteiger partial charge is 0.508 e. The van der Waals surface area contributed by atoms with Crippen LogP contribution in [0.15, 0.2) is 24.3 Å². The summed E-state index contributed by atoms with van der Waals surface area (Å²) in [6.45, 7) is 5.12. The summed E-state index contributed by atoms with van der Waals surface area (Å²) in [7, 11) is 0. The fraction of sp³-hybridized carbons (Fsp3) is 0.562. The van der Waals surface area contributed by atoms with E-state index in [0.717, 1.165) is 13.1 Å². The van der Waals surface area contributed by atoms with Crippen LogP contribution in [-0.2, 0) is 0 Å². The first-order valence-electron chi connectivity index (χ1n) is 7.49. The van der Waals surface area contributed by atoms with Gasteiger partial charge < -0.3 is 10.0 Å². The maximum atomic E-state index is 12.6. The molecule has 0 radical (unpaired) electrons. The van der Waals surface area contributed by atoms with E-state index in [1.54, 1.807) is 24.3 Å². The summed E-state index contributed by atoms with van der Waals surface area (Å²) in [4.78, 5) is 17.2. The highest BCUT2D eigenvalue weighted by Gasteiger charge is 2.35. The molecule has 2 heterocycles. The molecule has 3 rings (SSSR count). The molecule has 1 amide bonds. The molecule has 2 fully saturated rings. The van der Waals surface area contributed by atoms with Crippen molar-refractivity contribution in [3.05, 3.63) is 29.8 Å². The van der Waals surface area contributed by atoms with Gasteiger partial charge in [0.1, 0.15) is 5.75 Å². The summed E-state index contributed by atoms with van der Waals surface area (Å²) >= 11 is 0. The van der Waals surface area contributed by atoms with Crippen molar-refractivity contribution in [2.75, 3.05) is 19.6 Å². The average molecular weight is 274 g/mol. The molecule has 1 N–H and O–H groups in total. The number of phenols is 1. The van der Waals surface area contributed by atoms with Gasteiger partial charge >= 0.3 is 0 Å². The van der Waals surface area contributed by atoms with Crippen LogP contribution in [-0.4, -0.2) is 52.5 Å². The Morgan fingerprint density at radius 3 is 2.70 bits per heavy atom. The van der Waals surface area contributed by atoms with E-state index in [9.17, 15) is 9.90 Å². The summed E-state index contributed by atoms with van der Waals surface area (Å²) < 4.78 is 0. The molecule has 108 valence electrons. The van der Waals surface area contributed by atoms with E-state index < -0.39 is 0 Å². The number of carbonyl (C=O) groups excluding carboxylic acids is 1. The summed E-state index contributed by atoms with van der Waals surface area (Å²) in [5.41, 5.74) is 0.666. The molecule has 2 aliphatic heterocycles. The highest BCUT2D eigenvalue weighted by Crippen LogP contribution is 2.25. The highest BCUT2D eigenvalue weighted by molar-refractivity contribution is 5.94. The molecule has 0 bridgehead atoms. The fourth-order valence-electron chi connectivity index (χ4n) is 3.40. The Balaban J connectivity index is 1.75. The molecule has 0 aromatic heterocycles. The molecule has 0 saturated carbocycles. The van der Waals surface area contributed by atoms with Gasteiger partial charge in [-0.2, -0.15) is 0 Å². The van der Waals surface area contributed by atoms with Crippen molar-refractivity contribution in [3.63, 3.8) is 0 Å². The van der Waals surface area contributed by atoms with E-state index >= 15 is 0 Å². The van der Waals surface area contributed by atoms with Crippen LogP contribution in [0.2, 0.25) is 0 Å².